The molecule has 3 aromatic rings. The maximum atomic E-state index is 12.2. The van der Waals surface area contributed by atoms with Gasteiger partial charge in [0.25, 0.3) is 0 Å². The molecular weight excluding hydrogens is 519 g/mol. The van der Waals surface area contributed by atoms with Crippen molar-refractivity contribution < 1.29 is 9.53 Å². The number of halogens is 1. The van der Waals surface area contributed by atoms with Crippen LogP contribution >= 0.6 is 24.0 Å². The summed E-state index contributed by atoms with van der Waals surface area (Å²) >= 11 is 0. The fraction of sp³-hybridized carbons (Fsp3) is 0.261. The Labute approximate surface area is 205 Å². The third-order valence-electron chi connectivity index (χ3n) is 4.64. The van der Waals surface area contributed by atoms with E-state index in [1.54, 1.807) is 37.3 Å². The van der Waals surface area contributed by atoms with Crippen LogP contribution in [0.25, 0.3) is 0 Å². The number of methoxy groups -OCH3 is 1. The van der Waals surface area contributed by atoms with E-state index in [0.717, 1.165) is 35.5 Å². The number of ether oxygens (including phenoxy) is 1. The lowest BCUT2D eigenvalue weighted by molar-refractivity contribution is -0.116. The molecule has 8 nitrogen and oxygen atoms in total. The van der Waals surface area contributed by atoms with Crippen LogP contribution in [-0.4, -0.2) is 42.3 Å². The van der Waals surface area contributed by atoms with Gasteiger partial charge < -0.3 is 20.7 Å². The summed E-state index contributed by atoms with van der Waals surface area (Å²) < 4.78 is 6.98. The minimum absolute atomic E-state index is 0. The number of guanidine groups is 1. The minimum Gasteiger partial charge on any atom is -0.496 e. The molecule has 0 aliphatic rings. The van der Waals surface area contributed by atoms with E-state index in [0.29, 0.717) is 12.5 Å². The predicted octanol–water partition coefficient (Wildman–Crippen LogP) is 3.06. The summed E-state index contributed by atoms with van der Waals surface area (Å²) in [7, 11) is 3.42. The SMILES string of the molecule is CN=C(NCCc1ccccc1OC)NCc1cccc(NC(=O)Cn2cccn2)c1.I. The number of aliphatic imine (C=N–C) groups is 1. The molecular formula is C23H29IN6O2. The molecule has 9 heteroatoms. The molecule has 1 heterocycles. The molecule has 0 unspecified atom stereocenters. The van der Waals surface area contributed by atoms with Crippen LogP contribution in [0.15, 0.2) is 72.0 Å². The molecule has 0 radical (unpaired) electrons. The van der Waals surface area contributed by atoms with E-state index in [1.807, 2.05) is 42.5 Å². The monoisotopic (exact) mass is 548 g/mol. The number of hydrogen-bond donors (Lipinski definition) is 3. The van der Waals surface area contributed by atoms with Gasteiger partial charge >= 0.3 is 0 Å². The summed E-state index contributed by atoms with van der Waals surface area (Å²) in [5.41, 5.74) is 2.92. The molecule has 0 spiro atoms. The fourth-order valence-electron chi connectivity index (χ4n) is 3.13. The van der Waals surface area contributed by atoms with Crippen molar-refractivity contribution in [1.82, 2.24) is 20.4 Å². The van der Waals surface area contributed by atoms with E-state index in [9.17, 15) is 4.79 Å². The zero-order valence-electron chi connectivity index (χ0n) is 18.2. The fourth-order valence-corrected chi connectivity index (χ4v) is 3.13. The number of amides is 1. The molecule has 2 aromatic carbocycles. The van der Waals surface area contributed by atoms with Gasteiger partial charge in [0.05, 0.1) is 7.11 Å². The Morgan fingerprint density at radius 3 is 2.72 bits per heavy atom. The summed E-state index contributed by atoms with van der Waals surface area (Å²) in [6.07, 6.45) is 4.23. The van der Waals surface area contributed by atoms with Crippen molar-refractivity contribution in [2.24, 2.45) is 4.99 Å². The maximum absolute atomic E-state index is 12.2. The van der Waals surface area contributed by atoms with Gasteiger partial charge in [-0.1, -0.05) is 30.3 Å². The molecule has 0 aliphatic carbocycles. The molecule has 3 N–H and O–H groups in total. The van der Waals surface area contributed by atoms with Crippen LogP contribution < -0.4 is 20.7 Å². The zero-order valence-corrected chi connectivity index (χ0v) is 20.6. The van der Waals surface area contributed by atoms with Crippen molar-refractivity contribution in [3.63, 3.8) is 0 Å². The number of carbonyl (C=O) groups is 1. The van der Waals surface area contributed by atoms with Gasteiger partial charge in [0.15, 0.2) is 5.96 Å². The molecule has 1 amide bonds. The largest absolute Gasteiger partial charge is 0.496 e. The van der Waals surface area contributed by atoms with Gasteiger partial charge in [-0.15, -0.1) is 24.0 Å². The first-order valence-electron chi connectivity index (χ1n) is 10.1. The zero-order chi connectivity index (χ0) is 21.9. The van der Waals surface area contributed by atoms with Crippen LogP contribution in [0.1, 0.15) is 11.1 Å². The third kappa shape index (κ3) is 7.88. The molecule has 0 fully saturated rings. The number of anilines is 1. The molecule has 0 aliphatic heterocycles. The predicted molar refractivity (Wildman–Crippen MR) is 138 cm³/mol. The summed E-state index contributed by atoms with van der Waals surface area (Å²) in [5.74, 6) is 1.48. The average molecular weight is 548 g/mol. The molecule has 3 rings (SSSR count). The topological polar surface area (TPSA) is 92.6 Å². The van der Waals surface area contributed by atoms with E-state index >= 15 is 0 Å². The first-order chi connectivity index (χ1) is 15.2. The Morgan fingerprint density at radius 1 is 1.12 bits per heavy atom. The summed E-state index contributed by atoms with van der Waals surface area (Å²) in [5, 5.41) is 13.6. The summed E-state index contributed by atoms with van der Waals surface area (Å²) in [6, 6.07) is 17.5. The lowest BCUT2D eigenvalue weighted by atomic mass is 10.1. The van der Waals surface area contributed by atoms with E-state index in [4.69, 9.17) is 4.74 Å². The summed E-state index contributed by atoms with van der Waals surface area (Å²) in [4.78, 5) is 16.4. The van der Waals surface area contributed by atoms with Gasteiger partial charge in [-0.25, -0.2) is 0 Å². The van der Waals surface area contributed by atoms with Crippen molar-refractivity contribution >= 4 is 41.5 Å². The van der Waals surface area contributed by atoms with Crippen LogP contribution in [0.5, 0.6) is 5.75 Å². The third-order valence-corrected chi connectivity index (χ3v) is 4.64. The maximum Gasteiger partial charge on any atom is 0.246 e. The van der Waals surface area contributed by atoms with Crippen LogP contribution in [-0.2, 0) is 24.3 Å². The summed E-state index contributed by atoms with van der Waals surface area (Å²) in [6.45, 7) is 1.49. The van der Waals surface area contributed by atoms with E-state index in [1.165, 1.54) is 0 Å². The number of nitrogens with zero attached hydrogens (tertiary/aromatic N) is 3. The first-order valence-corrected chi connectivity index (χ1v) is 10.1. The lowest BCUT2D eigenvalue weighted by Crippen LogP contribution is -2.37. The van der Waals surface area contributed by atoms with E-state index in [-0.39, 0.29) is 36.4 Å². The molecule has 32 heavy (non-hydrogen) atoms. The Morgan fingerprint density at radius 2 is 1.97 bits per heavy atom. The van der Waals surface area contributed by atoms with Gasteiger partial charge in [0.1, 0.15) is 12.3 Å². The van der Waals surface area contributed by atoms with Crippen molar-refractivity contribution in [3.8, 4) is 5.75 Å². The second-order valence-electron chi connectivity index (χ2n) is 6.87. The van der Waals surface area contributed by atoms with Crippen molar-refractivity contribution in [2.75, 3.05) is 26.0 Å². The molecule has 0 saturated heterocycles. The Bertz CT molecular complexity index is 1010. The highest BCUT2D eigenvalue weighted by atomic mass is 127. The Hall–Kier alpha value is -3.08. The molecule has 0 saturated carbocycles. The Kier molecular flexibility index (Phi) is 10.5. The van der Waals surface area contributed by atoms with Crippen LogP contribution in [0.3, 0.4) is 0 Å². The second kappa shape index (κ2) is 13.4. The second-order valence-corrected chi connectivity index (χ2v) is 6.87. The highest BCUT2D eigenvalue weighted by Crippen LogP contribution is 2.17. The van der Waals surface area contributed by atoms with Gasteiger partial charge in [0, 0.05) is 38.2 Å². The minimum atomic E-state index is -0.123. The number of para-hydroxylation sites is 1. The van der Waals surface area contributed by atoms with Crippen molar-refractivity contribution in [3.05, 3.63) is 78.1 Å². The highest BCUT2D eigenvalue weighted by molar-refractivity contribution is 14.0. The highest BCUT2D eigenvalue weighted by Gasteiger charge is 2.06. The number of aromatic nitrogens is 2. The molecule has 170 valence electrons. The first kappa shape index (κ1) is 25.2. The standard InChI is InChI=1S/C23H28N6O2.HI/c1-24-23(25-13-11-19-8-3-4-10-21(19)31-2)26-16-18-7-5-9-20(15-18)28-22(30)17-29-14-6-12-27-29;/h3-10,12,14-15H,11,13,16-17H2,1-2H3,(H,28,30)(H2,24,25,26);1H. The van der Waals surface area contributed by atoms with E-state index in [2.05, 4.69) is 32.1 Å². The number of rotatable bonds is 9. The Balaban J connectivity index is 0.00000363. The lowest BCUT2D eigenvalue weighted by Gasteiger charge is -2.14. The van der Waals surface area contributed by atoms with Gasteiger partial charge in [-0.3, -0.25) is 14.5 Å². The van der Waals surface area contributed by atoms with Crippen molar-refractivity contribution in [2.45, 2.75) is 19.5 Å². The molecule has 0 bridgehead atoms. The van der Waals surface area contributed by atoms with Gasteiger partial charge in [0.2, 0.25) is 5.91 Å². The number of nitrogens with one attached hydrogen (secondary N) is 3. The van der Waals surface area contributed by atoms with Crippen LogP contribution in [0.4, 0.5) is 5.69 Å². The van der Waals surface area contributed by atoms with Gasteiger partial charge in [-0.2, -0.15) is 5.10 Å². The number of hydrogen-bond acceptors (Lipinski definition) is 4. The molecule has 1 aromatic heterocycles. The smallest absolute Gasteiger partial charge is 0.246 e. The van der Waals surface area contributed by atoms with Crippen LogP contribution in [0, 0.1) is 0 Å². The van der Waals surface area contributed by atoms with E-state index < -0.39 is 0 Å². The average Bonchev–Trinajstić information content (AvgIpc) is 3.29. The number of carbonyl (C=O) groups excluding carboxylic acids is 1. The van der Waals surface area contributed by atoms with Gasteiger partial charge in [-0.05, 0) is 41.8 Å². The molecule has 0 atom stereocenters. The normalized spacial score (nSPS) is 10.8. The number of benzene rings is 2. The van der Waals surface area contributed by atoms with Crippen LogP contribution in [0.2, 0.25) is 0 Å². The quantitative estimate of drug-likeness (QED) is 0.217. The van der Waals surface area contributed by atoms with Crippen molar-refractivity contribution in [1.29, 1.82) is 0 Å².